The van der Waals surface area contributed by atoms with Gasteiger partial charge in [-0.15, -0.1) is 11.3 Å². The average Bonchev–Trinajstić information content (AvgIpc) is 3.16. The van der Waals surface area contributed by atoms with Gasteiger partial charge in [0.05, 0.1) is 4.91 Å². The van der Waals surface area contributed by atoms with Crippen molar-refractivity contribution in [2.45, 2.75) is 12.5 Å². The van der Waals surface area contributed by atoms with Crippen LogP contribution in [0.3, 0.4) is 0 Å². The molecule has 0 aliphatic carbocycles. The van der Waals surface area contributed by atoms with Crippen LogP contribution in [0, 0.1) is 0 Å². The second kappa shape index (κ2) is 7.29. The molecule has 0 bridgehead atoms. The van der Waals surface area contributed by atoms with Crippen molar-refractivity contribution in [3.05, 3.63) is 63.2 Å². The first-order valence-corrected chi connectivity index (χ1v) is 9.24. The van der Waals surface area contributed by atoms with Crippen molar-refractivity contribution in [2.75, 3.05) is 0 Å². The molecule has 1 aromatic heterocycles. The Hall–Kier alpha value is -1.96. The molecule has 0 unspecified atom stereocenters. The zero-order valence-corrected chi connectivity index (χ0v) is 14.9. The van der Waals surface area contributed by atoms with Gasteiger partial charge in [0.15, 0.2) is 0 Å². The van der Waals surface area contributed by atoms with Crippen molar-refractivity contribution in [2.24, 2.45) is 0 Å². The number of hydrogen-bond acceptors (Lipinski definition) is 5. The lowest BCUT2D eigenvalue weighted by molar-refractivity contribution is -0.145. The first-order chi connectivity index (χ1) is 11.6. The number of thioether (sulfide) groups is 1. The third-order valence-electron chi connectivity index (χ3n) is 3.51. The summed E-state index contributed by atoms with van der Waals surface area (Å²) >= 11 is 7.93. The predicted octanol–water partition coefficient (Wildman–Crippen LogP) is 3.65. The average molecular weight is 375 g/mol. The molecule has 1 aromatic carbocycles. The summed E-state index contributed by atoms with van der Waals surface area (Å²) in [5, 5.41) is 11.5. The van der Waals surface area contributed by atoms with Crippen LogP contribution in [0.1, 0.15) is 10.4 Å². The lowest BCUT2D eigenvalue weighted by Crippen LogP contribution is -2.45. The van der Waals surface area contributed by atoms with E-state index in [-0.39, 0.29) is 16.6 Å². The van der Waals surface area contributed by atoms with Gasteiger partial charge in [0.2, 0.25) is 0 Å². The highest BCUT2D eigenvalue weighted by Gasteiger charge is 2.40. The summed E-state index contributed by atoms with van der Waals surface area (Å²) in [4.78, 5) is 27.0. The van der Waals surface area contributed by atoms with Gasteiger partial charge >= 0.3 is 5.97 Å². The number of amides is 1. The maximum Gasteiger partial charge on any atom is 0.327 e. The van der Waals surface area contributed by atoms with Crippen molar-refractivity contribution in [1.82, 2.24) is 4.90 Å². The van der Waals surface area contributed by atoms with E-state index in [1.807, 2.05) is 47.8 Å². The summed E-state index contributed by atoms with van der Waals surface area (Å²) in [6.45, 7) is 0. The molecule has 2 aromatic rings. The van der Waals surface area contributed by atoms with Gasteiger partial charge in [-0.05, 0) is 23.1 Å². The third kappa shape index (κ3) is 3.58. The summed E-state index contributed by atoms with van der Waals surface area (Å²) in [7, 11) is 0. The molecule has 1 amide bonds. The number of carboxylic acids is 1. The van der Waals surface area contributed by atoms with Crippen LogP contribution in [-0.4, -0.2) is 32.2 Å². The van der Waals surface area contributed by atoms with E-state index >= 15 is 0 Å². The van der Waals surface area contributed by atoms with E-state index in [0.717, 1.165) is 22.2 Å². The van der Waals surface area contributed by atoms with Gasteiger partial charge in [0.25, 0.3) is 5.91 Å². The number of aliphatic carboxylic acids is 1. The Bertz CT molecular complexity index is 800. The first-order valence-electron chi connectivity index (χ1n) is 7.13. The summed E-state index contributed by atoms with van der Waals surface area (Å²) in [6, 6.07) is 12.0. The molecule has 1 fully saturated rings. The number of thiophene rings is 1. The molecule has 0 spiro atoms. The Labute approximate surface area is 152 Å². The number of nitrogens with zero attached hydrogens (tertiary/aromatic N) is 1. The quantitative estimate of drug-likeness (QED) is 0.639. The zero-order chi connectivity index (χ0) is 17.1. The molecule has 2 heterocycles. The number of hydrogen-bond donors (Lipinski definition) is 1. The van der Waals surface area contributed by atoms with E-state index in [4.69, 9.17) is 12.2 Å². The SMILES string of the molecule is O=C(O)[C@H](Cc1ccccc1)N1C(=O)/C(=C\c2cccs2)SC1=S. The highest BCUT2D eigenvalue weighted by atomic mass is 32.2. The van der Waals surface area contributed by atoms with Crippen LogP contribution in [0.5, 0.6) is 0 Å². The van der Waals surface area contributed by atoms with Gasteiger partial charge in [-0.1, -0.05) is 60.4 Å². The Morgan fingerprint density at radius 1 is 1.25 bits per heavy atom. The smallest absolute Gasteiger partial charge is 0.327 e. The molecule has 7 heteroatoms. The standard InChI is InChI=1S/C17H13NO3S3/c19-15-14(10-12-7-4-8-23-12)24-17(22)18(15)13(16(20)21)9-11-5-2-1-3-6-11/h1-8,10,13H,9H2,(H,20,21)/b14-10+/t13-/m0/s1. The molecule has 0 saturated carbocycles. The fourth-order valence-corrected chi connectivity index (χ4v) is 4.46. The summed E-state index contributed by atoms with van der Waals surface area (Å²) < 4.78 is 0.283. The number of carbonyl (C=O) groups excluding carboxylic acids is 1. The lowest BCUT2D eigenvalue weighted by Gasteiger charge is -2.23. The maximum atomic E-state index is 12.7. The molecule has 1 saturated heterocycles. The van der Waals surface area contributed by atoms with Gasteiger partial charge in [0, 0.05) is 11.3 Å². The van der Waals surface area contributed by atoms with E-state index < -0.39 is 12.0 Å². The highest BCUT2D eigenvalue weighted by molar-refractivity contribution is 8.26. The van der Waals surface area contributed by atoms with Crippen LogP contribution in [0.15, 0.2) is 52.7 Å². The molecule has 24 heavy (non-hydrogen) atoms. The number of rotatable bonds is 5. The third-order valence-corrected chi connectivity index (χ3v) is 5.66. The number of benzene rings is 1. The lowest BCUT2D eigenvalue weighted by atomic mass is 10.0. The second-order valence-electron chi connectivity index (χ2n) is 5.11. The van der Waals surface area contributed by atoms with Gasteiger partial charge < -0.3 is 5.11 Å². The minimum absolute atomic E-state index is 0.217. The normalized spacial score (nSPS) is 17.5. The molecule has 1 atom stereocenters. The molecule has 1 N–H and O–H groups in total. The van der Waals surface area contributed by atoms with Gasteiger partial charge in [0.1, 0.15) is 10.4 Å². The largest absolute Gasteiger partial charge is 0.480 e. The molecule has 3 rings (SSSR count). The number of carboxylic acid groups (broad SMARTS) is 1. The van der Waals surface area contributed by atoms with E-state index in [1.54, 1.807) is 6.08 Å². The van der Waals surface area contributed by atoms with Gasteiger partial charge in [-0.2, -0.15) is 0 Å². The van der Waals surface area contributed by atoms with Crippen molar-refractivity contribution >= 4 is 57.6 Å². The Kier molecular flexibility index (Phi) is 5.13. The van der Waals surface area contributed by atoms with E-state index in [1.165, 1.54) is 16.2 Å². The summed E-state index contributed by atoms with van der Waals surface area (Å²) in [5.41, 5.74) is 0.848. The Balaban J connectivity index is 1.87. The fourth-order valence-electron chi connectivity index (χ4n) is 2.38. The van der Waals surface area contributed by atoms with Crippen LogP contribution in [0.4, 0.5) is 0 Å². The molecular formula is C17H13NO3S3. The van der Waals surface area contributed by atoms with Crippen molar-refractivity contribution < 1.29 is 14.7 Å². The topological polar surface area (TPSA) is 57.6 Å². The van der Waals surface area contributed by atoms with Crippen LogP contribution in [0.2, 0.25) is 0 Å². The Morgan fingerprint density at radius 3 is 2.62 bits per heavy atom. The molecular weight excluding hydrogens is 362 g/mol. The van der Waals surface area contributed by atoms with Gasteiger partial charge in [-0.25, -0.2) is 4.79 Å². The minimum atomic E-state index is -1.06. The summed E-state index contributed by atoms with van der Waals surface area (Å²) in [6.07, 6.45) is 1.97. The monoisotopic (exact) mass is 375 g/mol. The summed E-state index contributed by atoms with van der Waals surface area (Å²) in [5.74, 6) is -1.41. The van der Waals surface area contributed by atoms with Crippen molar-refractivity contribution in [1.29, 1.82) is 0 Å². The van der Waals surface area contributed by atoms with Crippen molar-refractivity contribution in [3.8, 4) is 0 Å². The molecule has 0 radical (unpaired) electrons. The maximum absolute atomic E-state index is 12.7. The molecule has 1 aliphatic rings. The fraction of sp³-hybridized carbons (Fsp3) is 0.118. The zero-order valence-electron chi connectivity index (χ0n) is 12.4. The first kappa shape index (κ1) is 16.9. The molecule has 1 aliphatic heterocycles. The van der Waals surface area contributed by atoms with E-state index in [0.29, 0.717) is 4.91 Å². The van der Waals surface area contributed by atoms with Gasteiger partial charge in [-0.3, -0.25) is 9.69 Å². The number of carbonyl (C=O) groups is 2. The second-order valence-corrected chi connectivity index (χ2v) is 7.77. The van der Waals surface area contributed by atoms with E-state index in [9.17, 15) is 14.7 Å². The highest BCUT2D eigenvalue weighted by Crippen LogP contribution is 2.35. The van der Waals surface area contributed by atoms with Crippen LogP contribution >= 0.6 is 35.3 Å². The number of thiocarbonyl (C=S) groups is 1. The molecule has 122 valence electrons. The molecule has 4 nitrogen and oxygen atoms in total. The minimum Gasteiger partial charge on any atom is -0.480 e. The van der Waals surface area contributed by atoms with Crippen LogP contribution in [0.25, 0.3) is 6.08 Å². The van der Waals surface area contributed by atoms with Crippen LogP contribution < -0.4 is 0 Å². The van der Waals surface area contributed by atoms with Crippen molar-refractivity contribution in [3.63, 3.8) is 0 Å². The Morgan fingerprint density at radius 2 is 2.00 bits per heavy atom. The predicted molar refractivity (Wildman–Crippen MR) is 101 cm³/mol. The van der Waals surface area contributed by atoms with E-state index in [2.05, 4.69) is 0 Å². The van der Waals surface area contributed by atoms with Crippen LogP contribution in [-0.2, 0) is 16.0 Å².